The first-order chi connectivity index (χ1) is 15.5. The van der Waals surface area contributed by atoms with E-state index in [4.69, 9.17) is 0 Å². The van der Waals surface area contributed by atoms with Gasteiger partial charge in [0.2, 0.25) is 5.91 Å². The maximum Gasteiger partial charge on any atom is 0.217 e. The summed E-state index contributed by atoms with van der Waals surface area (Å²) in [5, 5.41) is 13.0. The molecule has 7 atom stereocenters. The molecule has 33 heavy (non-hydrogen) atoms. The van der Waals surface area contributed by atoms with Crippen LogP contribution in [0.4, 0.5) is 0 Å². The third-order valence-electron chi connectivity index (χ3n) is 9.77. The van der Waals surface area contributed by atoms with Crippen molar-refractivity contribution in [2.75, 3.05) is 0 Å². The van der Waals surface area contributed by atoms with E-state index in [1.165, 1.54) is 12.5 Å². The lowest BCUT2D eigenvalue weighted by atomic mass is 9.47. The van der Waals surface area contributed by atoms with Crippen LogP contribution < -0.4 is 5.32 Å². The van der Waals surface area contributed by atoms with Gasteiger partial charge in [-0.15, -0.1) is 0 Å². The number of aliphatic hydroxyl groups is 1. The molecule has 0 radical (unpaired) electrons. The Balaban J connectivity index is 1.56. The second kappa shape index (κ2) is 8.79. The zero-order chi connectivity index (χ0) is 24.1. The number of fused-ring (bicyclic) bond motifs is 5. The van der Waals surface area contributed by atoms with Gasteiger partial charge in [0.05, 0.1) is 6.10 Å². The molecule has 3 fully saturated rings. The Morgan fingerprint density at radius 2 is 1.82 bits per heavy atom. The van der Waals surface area contributed by atoms with Crippen LogP contribution in [0, 0.1) is 28.6 Å². The summed E-state index contributed by atoms with van der Waals surface area (Å²) in [5.74, 6) is 1.44. The number of carbonyl (C=O) groups is 3. The molecule has 182 valence electrons. The lowest BCUT2D eigenvalue weighted by molar-refractivity contribution is -0.120. The summed E-state index contributed by atoms with van der Waals surface area (Å²) in [5.41, 5.74) is 2.80. The van der Waals surface area contributed by atoms with Gasteiger partial charge in [-0.25, -0.2) is 0 Å². The number of rotatable bonds is 5. The molecule has 4 aliphatic rings. The van der Waals surface area contributed by atoms with Gasteiger partial charge < -0.3 is 10.4 Å². The molecule has 4 aliphatic carbocycles. The Labute approximate surface area is 198 Å². The van der Waals surface area contributed by atoms with Gasteiger partial charge in [0.15, 0.2) is 11.6 Å². The Kier molecular flexibility index (Phi) is 6.50. The minimum absolute atomic E-state index is 0.0404. The van der Waals surface area contributed by atoms with Crippen molar-refractivity contribution in [2.24, 2.45) is 28.6 Å². The third kappa shape index (κ3) is 4.15. The average molecular weight is 456 g/mol. The number of aliphatic hydroxyl groups excluding tert-OH is 1. The first-order valence-corrected chi connectivity index (χ1v) is 12.9. The predicted octanol–water partition coefficient (Wildman–Crippen LogP) is 4.68. The van der Waals surface area contributed by atoms with Crippen LogP contribution in [0.5, 0.6) is 0 Å². The molecule has 0 aromatic rings. The summed E-state index contributed by atoms with van der Waals surface area (Å²) in [4.78, 5) is 37.7. The van der Waals surface area contributed by atoms with Crippen LogP contribution in [0.25, 0.3) is 0 Å². The summed E-state index contributed by atoms with van der Waals surface area (Å²) in [6.45, 7) is 9.87. The molecule has 0 bridgehead atoms. The van der Waals surface area contributed by atoms with Crippen LogP contribution >= 0.6 is 0 Å². The molecular weight excluding hydrogens is 414 g/mol. The van der Waals surface area contributed by atoms with E-state index in [2.05, 4.69) is 25.2 Å². The molecule has 0 spiro atoms. The first-order valence-electron chi connectivity index (χ1n) is 12.9. The fourth-order valence-corrected chi connectivity index (χ4v) is 8.00. The molecule has 3 saturated carbocycles. The number of carbonyl (C=O) groups excluding carboxylic acids is 3. The van der Waals surface area contributed by atoms with Gasteiger partial charge in [-0.1, -0.05) is 25.5 Å². The zero-order valence-electron chi connectivity index (χ0n) is 21.0. The summed E-state index contributed by atoms with van der Waals surface area (Å²) in [7, 11) is 0. The topological polar surface area (TPSA) is 83.5 Å². The highest BCUT2D eigenvalue weighted by molar-refractivity contribution is 6.08. The smallest absolute Gasteiger partial charge is 0.217 e. The van der Waals surface area contributed by atoms with E-state index in [-0.39, 0.29) is 40.4 Å². The molecule has 0 aromatic carbocycles. The number of amides is 1. The maximum absolute atomic E-state index is 13.3. The zero-order valence-corrected chi connectivity index (χ0v) is 21.0. The van der Waals surface area contributed by atoms with Crippen molar-refractivity contribution in [3.63, 3.8) is 0 Å². The Morgan fingerprint density at radius 3 is 2.52 bits per heavy atom. The van der Waals surface area contributed by atoms with Gasteiger partial charge in [-0.3, -0.25) is 14.4 Å². The number of allylic oxidation sites excluding steroid dienone is 3. The Morgan fingerprint density at radius 1 is 1.12 bits per heavy atom. The lowest BCUT2D eigenvalue weighted by Crippen LogP contribution is -2.49. The van der Waals surface area contributed by atoms with Crippen molar-refractivity contribution >= 4 is 17.5 Å². The molecule has 0 unspecified atom stereocenters. The van der Waals surface area contributed by atoms with E-state index in [0.29, 0.717) is 42.6 Å². The van der Waals surface area contributed by atoms with Gasteiger partial charge in [0.25, 0.3) is 0 Å². The highest BCUT2D eigenvalue weighted by Crippen LogP contribution is 2.65. The molecular formula is C28H41NO4. The van der Waals surface area contributed by atoms with Crippen LogP contribution in [-0.2, 0) is 14.4 Å². The molecule has 5 heteroatoms. The van der Waals surface area contributed by atoms with Crippen molar-refractivity contribution in [1.82, 2.24) is 5.32 Å². The van der Waals surface area contributed by atoms with Crippen molar-refractivity contribution in [3.8, 4) is 0 Å². The highest BCUT2D eigenvalue weighted by Gasteiger charge is 2.59. The molecule has 2 N–H and O–H groups in total. The van der Waals surface area contributed by atoms with Crippen molar-refractivity contribution in [3.05, 3.63) is 22.8 Å². The minimum atomic E-state index is -0.225. The van der Waals surface area contributed by atoms with Crippen molar-refractivity contribution in [2.45, 2.75) is 105 Å². The number of hydrogen-bond acceptors (Lipinski definition) is 4. The number of hydrogen-bond donors (Lipinski definition) is 2. The minimum Gasteiger partial charge on any atom is -0.393 e. The summed E-state index contributed by atoms with van der Waals surface area (Å²) >= 11 is 0. The average Bonchev–Trinajstić information content (AvgIpc) is 3.01. The fraction of sp³-hybridized carbons (Fsp3) is 0.750. The SMILES string of the molecule is CC(=O)N[C@@H](C)CCC(=O)/C(C)=C1\C(=O)C[C@H]2[C@H]3CC=C4C[C@@H](O)CC[C@]4(C)[C@@H]3CC[C@]12C. The third-order valence-corrected chi connectivity index (χ3v) is 9.77. The highest BCUT2D eigenvalue weighted by atomic mass is 16.3. The summed E-state index contributed by atoms with van der Waals surface area (Å²) < 4.78 is 0. The number of Topliss-reactive ketones (excluding diaryl/α,β-unsaturated/α-hetero) is 2. The standard InChI is InChI=1S/C28H41NO4/c1-16(29-18(3)30)6-9-24(32)17(2)26-25(33)15-23-21-8-7-19-14-20(31)10-12-27(19,4)22(21)11-13-28(23,26)5/h7,16,20-23,31H,6,8-15H2,1-5H3,(H,29,30)/b26-17+/t16-,20-,21-,22+,23-,27-,28-/m0/s1. The van der Waals surface area contributed by atoms with E-state index in [0.717, 1.165) is 44.1 Å². The largest absolute Gasteiger partial charge is 0.393 e. The van der Waals surface area contributed by atoms with E-state index < -0.39 is 0 Å². The summed E-state index contributed by atoms with van der Waals surface area (Å²) in [6, 6.07) is -0.0553. The Bertz CT molecular complexity index is 917. The van der Waals surface area contributed by atoms with Crippen molar-refractivity contribution in [1.29, 1.82) is 0 Å². The van der Waals surface area contributed by atoms with Crippen LogP contribution in [0.3, 0.4) is 0 Å². The number of nitrogens with one attached hydrogen (secondary N) is 1. The monoisotopic (exact) mass is 455 g/mol. The normalized spacial score (nSPS) is 40.2. The summed E-state index contributed by atoms with van der Waals surface area (Å²) in [6.07, 6.45) is 9.39. The quantitative estimate of drug-likeness (QED) is 0.466. The van der Waals surface area contributed by atoms with Crippen LogP contribution in [0.15, 0.2) is 22.8 Å². The van der Waals surface area contributed by atoms with Gasteiger partial charge >= 0.3 is 0 Å². The van der Waals surface area contributed by atoms with Crippen molar-refractivity contribution < 1.29 is 19.5 Å². The lowest BCUT2D eigenvalue weighted by Gasteiger charge is -2.57. The fourth-order valence-electron chi connectivity index (χ4n) is 8.00. The predicted molar refractivity (Wildman–Crippen MR) is 128 cm³/mol. The molecule has 0 aliphatic heterocycles. The first kappa shape index (κ1) is 24.4. The van der Waals surface area contributed by atoms with E-state index in [1.54, 1.807) is 0 Å². The van der Waals surface area contributed by atoms with E-state index in [9.17, 15) is 19.5 Å². The van der Waals surface area contributed by atoms with Gasteiger partial charge in [0.1, 0.15) is 0 Å². The molecule has 5 nitrogen and oxygen atoms in total. The van der Waals surface area contributed by atoms with E-state index >= 15 is 0 Å². The maximum atomic E-state index is 13.3. The molecule has 0 aromatic heterocycles. The van der Waals surface area contributed by atoms with Crippen LogP contribution in [-0.4, -0.2) is 34.7 Å². The molecule has 4 rings (SSSR count). The molecule has 0 heterocycles. The van der Waals surface area contributed by atoms with Gasteiger partial charge in [0, 0.05) is 31.4 Å². The van der Waals surface area contributed by atoms with Crippen LogP contribution in [0.2, 0.25) is 0 Å². The molecule has 1 amide bonds. The second-order valence-corrected chi connectivity index (χ2v) is 11.8. The molecule has 0 saturated heterocycles. The second-order valence-electron chi connectivity index (χ2n) is 11.8. The van der Waals surface area contributed by atoms with Gasteiger partial charge in [-0.05, 0) is 93.0 Å². The Hall–Kier alpha value is -1.75. The number of ketones is 2. The van der Waals surface area contributed by atoms with Crippen LogP contribution in [0.1, 0.15) is 92.4 Å². The van der Waals surface area contributed by atoms with E-state index in [1.807, 2.05) is 13.8 Å². The van der Waals surface area contributed by atoms with Gasteiger partial charge in [-0.2, -0.15) is 0 Å².